The van der Waals surface area contributed by atoms with E-state index in [0.717, 1.165) is 18.9 Å². The van der Waals surface area contributed by atoms with Gasteiger partial charge in [-0.15, -0.1) is 0 Å². The van der Waals surface area contributed by atoms with Crippen LogP contribution in [-0.2, 0) is 0 Å². The van der Waals surface area contributed by atoms with Crippen molar-refractivity contribution in [3.05, 3.63) is 33.9 Å². The third kappa shape index (κ3) is 3.49. The smallest absolute Gasteiger partial charge is 0.335 e. The Kier molecular flexibility index (Phi) is 4.74. The highest BCUT2D eigenvalue weighted by Gasteiger charge is 2.26. The van der Waals surface area contributed by atoms with E-state index in [0.29, 0.717) is 31.1 Å². The number of rotatable bonds is 5. The first-order valence-electron chi connectivity index (χ1n) is 6.90. The second kappa shape index (κ2) is 6.53. The molecular weight excluding hydrogens is 276 g/mol. The topological polar surface area (TPSA) is 104 Å². The summed E-state index contributed by atoms with van der Waals surface area (Å²) in [6.45, 7) is 1.46. The summed E-state index contributed by atoms with van der Waals surface area (Å²) in [5.74, 6) is -0.871. The van der Waals surface area contributed by atoms with Gasteiger partial charge in [0.25, 0.3) is 5.69 Å². The highest BCUT2D eigenvalue weighted by molar-refractivity contribution is 5.89. The Balaban J connectivity index is 2.29. The second-order valence-corrected chi connectivity index (χ2v) is 5.23. The van der Waals surface area contributed by atoms with E-state index in [2.05, 4.69) is 0 Å². The van der Waals surface area contributed by atoms with E-state index in [1.807, 2.05) is 4.90 Å². The maximum atomic E-state index is 11.2. The minimum atomic E-state index is -1.18. The number of nitrogens with zero attached hydrogens (tertiary/aromatic N) is 2. The number of benzene rings is 1. The molecule has 0 amide bonds. The summed E-state index contributed by atoms with van der Waals surface area (Å²) >= 11 is 0. The summed E-state index contributed by atoms with van der Waals surface area (Å²) in [6.07, 6.45) is 2.58. The molecule has 1 aliphatic heterocycles. The Labute approximate surface area is 122 Å². The van der Waals surface area contributed by atoms with E-state index in [1.54, 1.807) is 0 Å². The third-order valence-corrected chi connectivity index (χ3v) is 3.82. The molecule has 1 atom stereocenters. The third-order valence-electron chi connectivity index (χ3n) is 3.82. The maximum Gasteiger partial charge on any atom is 0.335 e. The first kappa shape index (κ1) is 15.2. The molecule has 1 saturated heterocycles. The Hall–Kier alpha value is -2.15. The van der Waals surface area contributed by atoms with Crippen LogP contribution in [0, 0.1) is 16.0 Å². The molecule has 0 spiro atoms. The molecule has 7 nitrogen and oxygen atoms in total. The Morgan fingerprint density at radius 1 is 1.48 bits per heavy atom. The molecule has 2 rings (SSSR count). The van der Waals surface area contributed by atoms with Gasteiger partial charge in [-0.3, -0.25) is 10.1 Å². The van der Waals surface area contributed by atoms with Crippen molar-refractivity contribution >= 4 is 17.3 Å². The lowest BCUT2D eigenvalue weighted by molar-refractivity contribution is -0.384. The van der Waals surface area contributed by atoms with Crippen LogP contribution in [-0.4, -0.2) is 40.8 Å². The van der Waals surface area contributed by atoms with Gasteiger partial charge < -0.3 is 15.1 Å². The molecule has 0 aliphatic carbocycles. The Morgan fingerprint density at radius 2 is 2.24 bits per heavy atom. The molecule has 1 aliphatic rings. The Bertz CT molecular complexity index is 544. The summed E-state index contributed by atoms with van der Waals surface area (Å²) in [6, 6.07) is 4.00. The fourth-order valence-electron chi connectivity index (χ4n) is 2.77. The minimum absolute atomic E-state index is 0.0885. The molecule has 0 bridgehead atoms. The largest absolute Gasteiger partial charge is 0.478 e. The molecule has 0 radical (unpaired) electrons. The molecule has 1 aromatic carbocycles. The van der Waals surface area contributed by atoms with Crippen molar-refractivity contribution in [1.82, 2.24) is 0 Å². The molecule has 1 fully saturated rings. The first-order valence-corrected chi connectivity index (χ1v) is 6.90. The predicted molar refractivity (Wildman–Crippen MR) is 76.7 cm³/mol. The molecule has 7 heteroatoms. The highest BCUT2D eigenvalue weighted by atomic mass is 16.6. The van der Waals surface area contributed by atoms with Crippen molar-refractivity contribution in [2.75, 3.05) is 24.6 Å². The van der Waals surface area contributed by atoms with Crippen molar-refractivity contribution in [2.45, 2.75) is 19.3 Å². The molecule has 0 saturated carbocycles. The van der Waals surface area contributed by atoms with E-state index in [1.165, 1.54) is 12.1 Å². The van der Waals surface area contributed by atoms with Crippen LogP contribution in [0.2, 0.25) is 0 Å². The van der Waals surface area contributed by atoms with Crippen molar-refractivity contribution in [3.63, 3.8) is 0 Å². The van der Waals surface area contributed by atoms with Crippen LogP contribution in [0.5, 0.6) is 0 Å². The SMILES string of the molecule is O=C(O)c1ccc(N2CCCC(CCO)C2)c([N+](=O)[O-])c1. The Morgan fingerprint density at radius 3 is 2.86 bits per heavy atom. The van der Waals surface area contributed by atoms with Gasteiger partial charge in [-0.2, -0.15) is 0 Å². The lowest BCUT2D eigenvalue weighted by Gasteiger charge is -2.33. The first-order chi connectivity index (χ1) is 10.0. The van der Waals surface area contributed by atoms with Crippen molar-refractivity contribution in [1.29, 1.82) is 0 Å². The number of anilines is 1. The number of aromatic carboxylic acids is 1. The number of hydrogen-bond donors (Lipinski definition) is 2. The van der Waals surface area contributed by atoms with Gasteiger partial charge in [-0.1, -0.05) is 0 Å². The predicted octanol–water partition coefficient (Wildman–Crippen LogP) is 1.89. The summed E-state index contributed by atoms with van der Waals surface area (Å²) in [5.41, 5.74) is 0.182. The van der Waals surface area contributed by atoms with Gasteiger partial charge in [0.15, 0.2) is 0 Å². The van der Waals surface area contributed by atoms with Gasteiger partial charge in [0.1, 0.15) is 5.69 Å². The number of hydrogen-bond acceptors (Lipinski definition) is 5. The second-order valence-electron chi connectivity index (χ2n) is 5.23. The maximum absolute atomic E-state index is 11.2. The number of aliphatic hydroxyl groups excluding tert-OH is 1. The van der Waals surface area contributed by atoms with E-state index >= 15 is 0 Å². The zero-order chi connectivity index (χ0) is 15.4. The number of piperidine rings is 1. The number of carbonyl (C=O) groups is 1. The molecule has 1 unspecified atom stereocenters. The molecular formula is C14H18N2O5. The molecule has 2 N–H and O–H groups in total. The van der Waals surface area contributed by atoms with Crippen molar-refractivity contribution in [3.8, 4) is 0 Å². The van der Waals surface area contributed by atoms with Crippen LogP contribution in [0.1, 0.15) is 29.6 Å². The molecule has 21 heavy (non-hydrogen) atoms. The van der Waals surface area contributed by atoms with Crippen molar-refractivity contribution < 1.29 is 19.9 Å². The van der Waals surface area contributed by atoms with Gasteiger partial charge in [0, 0.05) is 25.8 Å². The standard InChI is InChI=1S/C14H18N2O5/c17-7-5-10-2-1-6-15(9-10)12-4-3-11(14(18)19)8-13(12)16(20)21/h3-4,8,10,17H,1-2,5-7,9H2,(H,18,19). The summed E-state index contributed by atoms with van der Waals surface area (Å²) in [5, 5.41) is 29.2. The van der Waals surface area contributed by atoms with Gasteiger partial charge >= 0.3 is 5.97 Å². The summed E-state index contributed by atoms with van der Waals surface area (Å²) in [7, 11) is 0. The van der Waals surface area contributed by atoms with E-state index in [9.17, 15) is 14.9 Å². The van der Waals surface area contributed by atoms with E-state index in [-0.39, 0.29) is 17.9 Å². The van der Waals surface area contributed by atoms with Crippen LogP contribution in [0.4, 0.5) is 11.4 Å². The van der Waals surface area contributed by atoms with Gasteiger partial charge in [-0.25, -0.2) is 4.79 Å². The normalized spacial score (nSPS) is 18.5. The average Bonchev–Trinajstić information content (AvgIpc) is 2.47. The van der Waals surface area contributed by atoms with Crippen LogP contribution in [0.15, 0.2) is 18.2 Å². The zero-order valence-electron chi connectivity index (χ0n) is 11.6. The fraction of sp³-hybridized carbons (Fsp3) is 0.500. The van der Waals surface area contributed by atoms with E-state index in [4.69, 9.17) is 10.2 Å². The highest BCUT2D eigenvalue weighted by Crippen LogP contribution is 2.33. The van der Waals surface area contributed by atoms with Crippen LogP contribution >= 0.6 is 0 Å². The quantitative estimate of drug-likeness (QED) is 0.635. The fourth-order valence-corrected chi connectivity index (χ4v) is 2.77. The summed E-state index contributed by atoms with van der Waals surface area (Å²) in [4.78, 5) is 23.5. The van der Waals surface area contributed by atoms with Crippen LogP contribution in [0.3, 0.4) is 0 Å². The minimum Gasteiger partial charge on any atom is -0.478 e. The summed E-state index contributed by atoms with van der Waals surface area (Å²) < 4.78 is 0. The van der Waals surface area contributed by atoms with Crippen molar-refractivity contribution in [2.24, 2.45) is 5.92 Å². The van der Waals surface area contributed by atoms with Gasteiger partial charge in [0.2, 0.25) is 0 Å². The lowest BCUT2D eigenvalue weighted by atomic mass is 9.94. The molecule has 0 aromatic heterocycles. The van der Waals surface area contributed by atoms with E-state index < -0.39 is 10.9 Å². The lowest BCUT2D eigenvalue weighted by Crippen LogP contribution is -2.36. The van der Waals surface area contributed by atoms with Crippen LogP contribution < -0.4 is 4.90 Å². The molecule has 1 heterocycles. The number of carboxylic acid groups (broad SMARTS) is 1. The molecule has 114 valence electrons. The van der Waals surface area contributed by atoms with Crippen LogP contribution in [0.25, 0.3) is 0 Å². The number of aliphatic hydroxyl groups is 1. The number of nitro benzene ring substituents is 1. The zero-order valence-corrected chi connectivity index (χ0v) is 11.6. The molecule has 1 aromatic rings. The average molecular weight is 294 g/mol. The number of carboxylic acids is 1. The monoisotopic (exact) mass is 294 g/mol. The van der Waals surface area contributed by atoms with Gasteiger partial charge in [-0.05, 0) is 37.3 Å². The number of nitro groups is 1. The van der Waals surface area contributed by atoms with Gasteiger partial charge in [0.05, 0.1) is 10.5 Å².